The van der Waals surface area contributed by atoms with Gasteiger partial charge < -0.3 is 29.9 Å². The van der Waals surface area contributed by atoms with E-state index in [0.717, 1.165) is 5.56 Å². The second kappa shape index (κ2) is 11.7. The predicted octanol–water partition coefficient (Wildman–Crippen LogP) is 2.26. The van der Waals surface area contributed by atoms with Crippen molar-refractivity contribution >= 4 is 11.9 Å². The zero-order chi connectivity index (χ0) is 22.1. The van der Waals surface area contributed by atoms with Gasteiger partial charge in [-0.25, -0.2) is 0 Å². The Balaban J connectivity index is 2.81. The molecule has 0 saturated carbocycles. The number of aliphatic carboxylic acids is 1. The fraction of sp³-hybridized carbons (Fsp3) is 0.619. The number of methoxy groups -OCH3 is 1. The van der Waals surface area contributed by atoms with Crippen LogP contribution in [0, 0.1) is 11.8 Å². The van der Waals surface area contributed by atoms with Crippen molar-refractivity contribution in [1.82, 2.24) is 0 Å². The van der Waals surface area contributed by atoms with Gasteiger partial charge in [0.1, 0.15) is 11.9 Å². The number of carboxylic acid groups (broad SMARTS) is 1. The third-order valence-corrected chi connectivity index (χ3v) is 5.05. The Morgan fingerprint density at radius 1 is 1.10 bits per heavy atom. The first kappa shape index (κ1) is 24.9. The molecule has 0 heterocycles. The minimum Gasteiger partial charge on any atom is -0.508 e. The lowest BCUT2D eigenvalue weighted by molar-refractivity contribution is -0.164. The first-order valence-electron chi connectivity index (χ1n) is 9.66. The fourth-order valence-electron chi connectivity index (χ4n) is 3.12. The van der Waals surface area contributed by atoms with Crippen molar-refractivity contribution in [2.75, 3.05) is 7.11 Å². The van der Waals surface area contributed by atoms with E-state index in [9.17, 15) is 30.0 Å². The maximum absolute atomic E-state index is 12.1. The fourth-order valence-corrected chi connectivity index (χ4v) is 3.12. The van der Waals surface area contributed by atoms with Gasteiger partial charge in [0, 0.05) is 7.11 Å². The number of hydrogen-bond acceptors (Lipinski definition) is 7. The second-order valence-corrected chi connectivity index (χ2v) is 7.47. The van der Waals surface area contributed by atoms with Crippen LogP contribution in [0.15, 0.2) is 24.3 Å². The minimum atomic E-state index is -1.28. The summed E-state index contributed by atoms with van der Waals surface area (Å²) >= 11 is 0. The van der Waals surface area contributed by atoms with Crippen LogP contribution >= 0.6 is 0 Å². The summed E-state index contributed by atoms with van der Waals surface area (Å²) in [6.45, 7) is 4.60. The van der Waals surface area contributed by atoms with E-state index in [2.05, 4.69) is 0 Å². The molecule has 0 aliphatic carbocycles. The minimum absolute atomic E-state index is 0.126. The monoisotopic (exact) mass is 412 g/mol. The van der Waals surface area contributed by atoms with Crippen LogP contribution in [-0.2, 0) is 19.1 Å². The van der Waals surface area contributed by atoms with Crippen molar-refractivity contribution in [3.63, 3.8) is 0 Å². The lowest BCUT2D eigenvalue weighted by Gasteiger charge is -2.29. The van der Waals surface area contributed by atoms with Crippen LogP contribution in [0.3, 0.4) is 0 Å². The summed E-state index contributed by atoms with van der Waals surface area (Å²) in [4.78, 5) is 23.6. The molecule has 0 spiro atoms. The topological polar surface area (TPSA) is 134 Å². The van der Waals surface area contributed by atoms with E-state index in [1.165, 1.54) is 13.8 Å². The molecule has 8 nitrogen and oxygen atoms in total. The van der Waals surface area contributed by atoms with Crippen molar-refractivity contribution in [3.05, 3.63) is 29.8 Å². The third-order valence-electron chi connectivity index (χ3n) is 5.05. The molecular formula is C21H32O8. The molecule has 0 aromatic heterocycles. The summed E-state index contributed by atoms with van der Waals surface area (Å²) < 4.78 is 10.9. The highest BCUT2D eigenvalue weighted by atomic mass is 16.5. The Bertz CT molecular complexity index is 660. The molecule has 1 aromatic rings. The lowest BCUT2D eigenvalue weighted by atomic mass is 9.88. The summed E-state index contributed by atoms with van der Waals surface area (Å²) in [5.74, 6) is -2.98. The molecule has 164 valence electrons. The molecule has 6 unspecified atom stereocenters. The quantitative estimate of drug-likeness (QED) is 0.384. The second-order valence-electron chi connectivity index (χ2n) is 7.47. The smallest absolute Gasteiger partial charge is 0.309 e. The molecular weight excluding hydrogens is 380 g/mol. The molecule has 0 aliphatic rings. The van der Waals surface area contributed by atoms with Crippen LogP contribution in [0.4, 0.5) is 0 Å². The van der Waals surface area contributed by atoms with E-state index in [-0.39, 0.29) is 17.8 Å². The Kier molecular flexibility index (Phi) is 10.1. The van der Waals surface area contributed by atoms with Crippen LogP contribution in [0.25, 0.3) is 0 Å². The van der Waals surface area contributed by atoms with Gasteiger partial charge in [-0.15, -0.1) is 0 Å². The van der Waals surface area contributed by atoms with Gasteiger partial charge in [0.2, 0.25) is 0 Å². The zero-order valence-corrected chi connectivity index (χ0v) is 17.3. The molecule has 1 rings (SSSR count). The van der Waals surface area contributed by atoms with Crippen LogP contribution in [0.5, 0.6) is 5.75 Å². The summed E-state index contributed by atoms with van der Waals surface area (Å²) in [5, 5.41) is 38.0. The molecule has 0 bridgehead atoms. The van der Waals surface area contributed by atoms with Crippen LogP contribution < -0.4 is 0 Å². The number of aliphatic hydroxyl groups excluding tert-OH is 2. The number of benzene rings is 1. The third kappa shape index (κ3) is 8.00. The van der Waals surface area contributed by atoms with E-state index in [0.29, 0.717) is 12.8 Å². The number of rotatable bonds is 12. The maximum Gasteiger partial charge on any atom is 0.309 e. The van der Waals surface area contributed by atoms with Gasteiger partial charge in [-0.1, -0.05) is 19.1 Å². The number of carbonyl (C=O) groups is 2. The van der Waals surface area contributed by atoms with Crippen molar-refractivity contribution in [1.29, 1.82) is 0 Å². The Hall–Kier alpha value is -2.16. The molecule has 0 saturated heterocycles. The lowest BCUT2D eigenvalue weighted by Crippen LogP contribution is -2.37. The number of carbonyl (C=O) groups excluding carboxylic acids is 1. The van der Waals surface area contributed by atoms with Gasteiger partial charge in [0.25, 0.3) is 0 Å². The molecule has 1 aromatic carbocycles. The number of phenols is 1. The maximum atomic E-state index is 12.1. The standard InChI is InChI=1S/C21H32O8/c1-12(8-9-18(28-4)15-6-5-7-16(23)10-15)20(13(2)21(26)27)29-19(25)11-17(24)14(3)22/h5-7,10,12-14,17-18,20,22-24H,8-9,11H2,1-4H3,(H,26,27). The SMILES string of the molecule is COC(CCC(C)C(OC(=O)CC(O)C(C)O)C(C)C(=O)O)c1cccc(O)c1. The molecule has 0 fully saturated rings. The highest BCUT2D eigenvalue weighted by Crippen LogP contribution is 2.30. The molecule has 29 heavy (non-hydrogen) atoms. The molecule has 0 radical (unpaired) electrons. The number of hydrogen-bond donors (Lipinski definition) is 4. The van der Waals surface area contributed by atoms with Crippen LogP contribution in [0.2, 0.25) is 0 Å². The van der Waals surface area contributed by atoms with Crippen molar-refractivity contribution in [3.8, 4) is 5.75 Å². The van der Waals surface area contributed by atoms with Gasteiger partial charge >= 0.3 is 11.9 Å². The molecule has 8 heteroatoms. The summed E-state index contributed by atoms with van der Waals surface area (Å²) in [6, 6.07) is 6.70. The number of ether oxygens (including phenoxy) is 2. The van der Waals surface area contributed by atoms with Crippen molar-refractivity contribution in [2.45, 2.75) is 64.4 Å². The molecule has 6 atom stereocenters. The van der Waals surface area contributed by atoms with Gasteiger partial charge in [0.05, 0.1) is 30.7 Å². The molecule has 0 amide bonds. The largest absolute Gasteiger partial charge is 0.508 e. The van der Waals surface area contributed by atoms with E-state index >= 15 is 0 Å². The Labute approximate surface area is 171 Å². The van der Waals surface area contributed by atoms with Crippen LogP contribution in [-0.4, -0.2) is 57.8 Å². The number of aliphatic hydroxyl groups is 2. The predicted molar refractivity (Wildman–Crippen MR) is 105 cm³/mol. The Morgan fingerprint density at radius 2 is 1.76 bits per heavy atom. The summed E-state index contributed by atoms with van der Waals surface area (Å²) in [7, 11) is 1.55. The average Bonchev–Trinajstić information content (AvgIpc) is 2.65. The van der Waals surface area contributed by atoms with E-state index in [1.54, 1.807) is 32.2 Å². The number of phenolic OH excluding ortho intramolecular Hbond substituents is 1. The first-order chi connectivity index (χ1) is 13.6. The number of carboxylic acids is 1. The van der Waals surface area contributed by atoms with Gasteiger partial charge in [-0.3, -0.25) is 9.59 Å². The Morgan fingerprint density at radius 3 is 2.28 bits per heavy atom. The van der Waals surface area contributed by atoms with E-state index in [4.69, 9.17) is 9.47 Å². The van der Waals surface area contributed by atoms with Gasteiger partial charge in [-0.05, 0) is 50.3 Å². The molecule has 0 aliphatic heterocycles. The van der Waals surface area contributed by atoms with Gasteiger partial charge in [0.15, 0.2) is 0 Å². The number of esters is 1. The summed E-state index contributed by atoms with van der Waals surface area (Å²) in [5.41, 5.74) is 0.791. The van der Waals surface area contributed by atoms with Crippen LogP contribution in [0.1, 0.15) is 51.7 Å². The average molecular weight is 412 g/mol. The van der Waals surface area contributed by atoms with Crippen molar-refractivity contribution < 1.29 is 39.5 Å². The molecule has 4 N–H and O–H groups in total. The van der Waals surface area contributed by atoms with Crippen molar-refractivity contribution in [2.24, 2.45) is 11.8 Å². The van der Waals surface area contributed by atoms with E-state index in [1.807, 2.05) is 6.07 Å². The summed E-state index contributed by atoms with van der Waals surface area (Å²) in [6.07, 6.45) is -2.97. The normalized spacial score (nSPS) is 17.6. The number of aromatic hydroxyl groups is 1. The van der Waals surface area contributed by atoms with E-state index < -0.39 is 42.6 Å². The van der Waals surface area contributed by atoms with Gasteiger partial charge in [-0.2, -0.15) is 0 Å². The highest BCUT2D eigenvalue weighted by molar-refractivity contribution is 5.73. The first-order valence-corrected chi connectivity index (χ1v) is 9.66. The zero-order valence-electron chi connectivity index (χ0n) is 17.3. The highest BCUT2D eigenvalue weighted by Gasteiger charge is 2.33.